The molecule has 7 heteroatoms. The summed E-state index contributed by atoms with van der Waals surface area (Å²) >= 11 is 0. The maximum Gasteiger partial charge on any atom is 0.319 e. The number of hydrogen-bond donors (Lipinski definition) is 2. The summed E-state index contributed by atoms with van der Waals surface area (Å²) in [6.07, 6.45) is 6.05. The van der Waals surface area contributed by atoms with Gasteiger partial charge in [-0.15, -0.1) is 0 Å². The summed E-state index contributed by atoms with van der Waals surface area (Å²) in [5, 5.41) is 6.01. The number of carbonyl (C=O) groups is 1. The van der Waals surface area contributed by atoms with Crippen molar-refractivity contribution >= 4 is 21.6 Å². The molecular weight excluding hydrogens is 376 g/mol. The van der Waals surface area contributed by atoms with E-state index in [9.17, 15) is 13.2 Å². The second kappa shape index (κ2) is 7.47. The van der Waals surface area contributed by atoms with Gasteiger partial charge in [-0.05, 0) is 86.1 Å². The molecule has 0 spiro atoms. The van der Waals surface area contributed by atoms with Gasteiger partial charge in [0.1, 0.15) is 11.5 Å². The molecule has 0 unspecified atom stereocenters. The number of nitrogens with one attached hydrogen (secondary N) is 2. The molecule has 2 aliphatic carbocycles. The first-order valence-electron chi connectivity index (χ1n) is 9.54. The van der Waals surface area contributed by atoms with Crippen LogP contribution in [0.1, 0.15) is 25.7 Å². The highest BCUT2D eigenvalue weighted by molar-refractivity contribution is 7.90. The zero-order valence-corrected chi connectivity index (χ0v) is 16.5. The van der Waals surface area contributed by atoms with Crippen molar-refractivity contribution in [2.45, 2.75) is 36.6 Å². The van der Waals surface area contributed by atoms with E-state index in [4.69, 9.17) is 4.74 Å². The lowest BCUT2D eigenvalue weighted by Crippen LogP contribution is -2.40. The average Bonchev–Trinajstić information content (AvgIpc) is 3.55. The minimum absolute atomic E-state index is 0.158. The number of carbonyl (C=O) groups excluding carboxylic acids is 1. The minimum atomic E-state index is -3.22. The molecule has 148 valence electrons. The van der Waals surface area contributed by atoms with E-state index in [2.05, 4.69) is 10.6 Å². The van der Waals surface area contributed by atoms with E-state index in [0.29, 0.717) is 35.1 Å². The van der Waals surface area contributed by atoms with E-state index in [1.54, 1.807) is 36.4 Å². The van der Waals surface area contributed by atoms with Crippen molar-refractivity contribution in [1.29, 1.82) is 0 Å². The monoisotopic (exact) mass is 400 g/mol. The van der Waals surface area contributed by atoms with Crippen LogP contribution in [-0.4, -0.2) is 26.7 Å². The first-order chi connectivity index (χ1) is 13.4. The van der Waals surface area contributed by atoms with Crippen LogP contribution in [0.5, 0.6) is 11.5 Å². The molecule has 0 atom stereocenters. The minimum Gasteiger partial charge on any atom is -0.457 e. The molecule has 2 saturated carbocycles. The number of anilines is 1. The van der Waals surface area contributed by atoms with E-state index >= 15 is 0 Å². The molecule has 2 aromatic carbocycles. The molecule has 0 saturated heterocycles. The molecule has 4 rings (SSSR count). The molecule has 2 N–H and O–H groups in total. The number of amides is 2. The molecule has 0 aromatic heterocycles. The van der Waals surface area contributed by atoms with Gasteiger partial charge in [-0.3, -0.25) is 0 Å². The standard InChI is InChI=1S/C21H24N2O4S/c1-28(25,26)19-12-10-18(11-13-19)27-17-8-6-16(7-9-17)22-21(24)23-20(14-2-3-14)15-4-5-15/h6-15,20H,2-5H2,1H3,(H2,22,23,24). The van der Waals surface area contributed by atoms with Gasteiger partial charge < -0.3 is 15.4 Å². The second-order valence-electron chi connectivity index (χ2n) is 7.67. The molecule has 2 fully saturated rings. The van der Waals surface area contributed by atoms with Gasteiger partial charge in [0.25, 0.3) is 0 Å². The lowest BCUT2D eigenvalue weighted by Gasteiger charge is -2.18. The lowest BCUT2D eigenvalue weighted by atomic mass is 10.1. The first kappa shape index (κ1) is 18.8. The molecule has 0 radical (unpaired) electrons. The normalized spacial score (nSPS) is 16.6. The molecule has 2 amide bonds. The highest BCUT2D eigenvalue weighted by atomic mass is 32.2. The predicted octanol–water partition coefficient (Wildman–Crippen LogP) is 4.19. The van der Waals surface area contributed by atoms with Crippen LogP contribution in [0.4, 0.5) is 10.5 Å². The summed E-state index contributed by atoms with van der Waals surface area (Å²) < 4.78 is 28.7. The van der Waals surface area contributed by atoms with Gasteiger partial charge in [0, 0.05) is 18.0 Å². The molecule has 2 aliphatic rings. The van der Waals surface area contributed by atoms with E-state index in [1.165, 1.54) is 44.1 Å². The number of benzene rings is 2. The van der Waals surface area contributed by atoms with E-state index in [-0.39, 0.29) is 10.9 Å². The quantitative estimate of drug-likeness (QED) is 0.730. The number of sulfone groups is 1. The molecular formula is C21H24N2O4S. The Hall–Kier alpha value is -2.54. The lowest BCUT2D eigenvalue weighted by molar-refractivity contribution is 0.245. The van der Waals surface area contributed by atoms with Gasteiger partial charge in [0.15, 0.2) is 9.84 Å². The number of hydrogen-bond acceptors (Lipinski definition) is 4. The summed E-state index contributed by atoms with van der Waals surface area (Å²) in [4.78, 5) is 12.5. The summed E-state index contributed by atoms with van der Waals surface area (Å²) in [5.41, 5.74) is 0.697. The van der Waals surface area contributed by atoms with E-state index in [0.717, 1.165) is 0 Å². The number of rotatable bonds is 7. The van der Waals surface area contributed by atoms with Crippen LogP contribution in [0.15, 0.2) is 53.4 Å². The molecule has 2 aromatic rings. The maximum absolute atomic E-state index is 12.3. The van der Waals surface area contributed by atoms with Crippen LogP contribution >= 0.6 is 0 Å². The summed E-state index contributed by atoms with van der Waals surface area (Å²) in [6, 6.07) is 13.5. The fourth-order valence-corrected chi connectivity index (χ4v) is 3.98. The Bertz CT molecular complexity index is 935. The van der Waals surface area contributed by atoms with Crippen LogP contribution < -0.4 is 15.4 Å². The number of urea groups is 1. The highest BCUT2D eigenvalue weighted by Crippen LogP contribution is 2.44. The first-order valence-corrected chi connectivity index (χ1v) is 11.4. The van der Waals surface area contributed by atoms with Crippen molar-refractivity contribution in [3.63, 3.8) is 0 Å². The second-order valence-corrected chi connectivity index (χ2v) is 9.68. The van der Waals surface area contributed by atoms with Crippen LogP contribution in [0, 0.1) is 11.8 Å². The summed E-state index contributed by atoms with van der Waals surface area (Å²) in [6.45, 7) is 0. The molecule has 0 bridgehead atoms. The molecule has 28 heavy (non-hydrogen) atoms. The zero-order chi connectivity index (χ0) is 19.7. The van der Waals surface area contributed by atoms with Gasteiger partial charge in [-0.2, -0.15) is 0 Å². The summed E-state index contributed by atoms with van der Waals surface area (Å²) in [7, 11) is -3.22. The van der Waals surface area contributed by atoms with E-state index < -0.39 is 9.84 Å². The van der Waals surface area contributed by atoms with Crippen molar-refractivity contribution in [2.24, 2.45) is 11.8 Å². The van der Waals surface area contributed by atoms with Gasteiger partial charge in [-0.1, -0.05) is 0 Å². The highest BCUT2D eigenvalue weighted by Gasteiger charge is 2.42. The van der Waals surface area contributed by atoms with Crippen molar-refractivity contribution in [1.82, 2.24) is 5.32 Å². The van der Waals surface area contributed by atoms with Gasteiger partial charge in [0.05, 0.1) is 4.90 Å². The predicted molar refractivity (Wildman–Crippen MR) is 107 cm³/mol. The Morgan fingerprint density at radius 3 is 1.89 bits per heavy atom. The average molecular weight is 401 g/mol. The zero-order valence-electron chi connectivity index (χ0n) is 15.7. The summed E-state index contributed by atoms with van der Waals surface area (Å²) in [5.74, 6) is 2.46. The topological polar surface area (TPSA) is 84.5 Å². The van der Waals surface area contributed by atoms with Gasteiger partial charge in [-0.25, -0.2) is 13.2 Å². The third-order valence-corrected chi connectivity index (χ3v) is 6.29. The smallest absolute Gasteiger partial charge is 0.319 e. The largest absolute Gasteiger partial charge is 0.457 e. The van der Waals surface area contributed by atoms with Crippen LogP contribution in [0.3, 0.4) is 0 Å². The SMILES string of the molecule is CS(=O)(=O)c1ccc(Oc2ccc(NC(=O)NC(C3CC3)C3CC3)cc2)cc1. The van der Waals surface area contributed by atoms with Gasteiger partial charge >= 0.3 is 6.03 Å². The van der Waals surface area contributed by atoms with Gasteiger partial charge in [0.2, 0.25) is 0 Å². The van der Waals surface area contributed by atoms with E-state index in [1.807, 2.05) is 0 Å². The number of ether oxygens (including phenoxy) is 1. The molecule has 6 nitrogen and oxygen atoms in total. The van der Waals surface area contributed by atoms with Crippen LogP contribution in [-0.2, 0) is 9.84 Å². The third kappa shape index (κ3) is 4.84. The Morgan fingerprint density at radius 2 is 1.43 bits per heavy atom. The molecule has 0 heterocycles. The third-order valence-electron chi connectivity index (χ3n) is 5.16. The Balaban J connectivity index is 1.32. The fraction of sp³-hybridized carbons (Fsp3) is 0.381. The van der Waals surface area contributed by atoms with Crippen LogP contribution in [0.25, 0.3) is 0 Å². The Morgan fingerprint density at radius 1 is 0.929 bits per heavy atom. The van der Waals surface area contributed by atoms with Crippen molar-refractivity contribution in [3.8, 4) is 11.5 Å². The Labute approximate surface area is 165 Å². The molecule has 0 aliphatic heterocycles. The van der Waals surface area contributed by atoms with Crippen LogP contribution in [0.2, 0.25) is 0 Å². The fourth-order valence-electron chi connectivity index (χ4n) is 3.35. The Kier molecular flexibility index (Phi) is 5.02. The van der Waals surface area contributed by atoms with Crippen molar-refractivity contribution in [2.75, 3.05) is 11.6 Å². The van der Waals surface area contributed by atoms with Crippen molar-refractivity contribution in [3.05, 3.63) is 48.5 Å². The maximum atomic E-state index is 12.3. The van der Waals surface area contributed by atoms with Crippen molar-refractivity contribution < 1.29 is 17.9 Å².